The van der Waals surface area contributed by atoms with Crippen LogP contribution in [0.2, 0.25) is 0 Å². The largest absolute Gasteiger partial charge is 0.380 e. The summed E-state index contributed by atoms with van der Waals surface area (Å²) in [6.45, 7) is 1.47. The molecule has 0 bridgehead atoms. The van der Waals surface area contributed by atoms with Crippen molar-refractivity contribution < 1.29 is 13.2 Å². The summed E-state index contributed by atoms with van der Waals surface area (Å²) >= 11 is 0. The lowest BCUT2D eigenvalue weighted by molar-refractivity contribution is 0.195. The smallest absolute Gasteiger partial charge is 0.229 e. The van der Waals surface area contributed by atoms with Gasteiger partial charge in [0.2, 0.25) is 10.0 Å². The van der Waals surface area contributed by atoms with Crippen molar-refractivity contribution in [2.75, 3.05) is 29.5 Å². The zero-order valence-electron chi connectivity index (χ0n) is 9.64. The maximum absolute atomic E-state index is 11.1. The van der Waals surface area contributed by atoms with Gasteiger partial charge in [-0.1, -0.05) is 6.07 Å². The van der Waals surface area contributed by atoms with Crippen LogP contribution in [-0.2, 0) is 14.8 Å². The molecule has 1 atom stereocenters. The van der Waals surface area contributed by atoms with Crippen LogP contribution in [0.25, 0.3) is 0 Å². The van der Waals surface area contributed by atoms with E-state index >= 15 is 0 Å². The molecule has 94 valence electrons. The lowest BCUT2D eigenvalue weighted by Crippen LogP contribution is -2.19. The van der Waals surface area contributed by atoms with E-state index in [-0.39, 0.29) is 0 Å². The number of hydrogen-bond donors (Lipinski definition) is 2. The molecular formula is C11H16N2O3S. The highest BCUT2D eigenvalue weighted by Gasteiger charge is 2.15. The van der Waals surface area contributed by atoms with Crippen LogP contribution in [-0.4, -0.2) is 33.9 Å². The maximum Gasteiger partial charge on any atom is 0.229 e. The van der Waals surface area contributed by atoms with Gasteiger partial charge in [0.1, 0.15) is 0 Å². The molecule has 1 heterocycles. The second-order valence-corrected chi connectivity index (χ2v) is 5.91. The fourth-order valence-corrected chi connectivity index (χ4v) is 2.33. The van der Waals surface area contributed by atoms with Gasteiger partial charge >= 0.3 is 0 Å². The summed E-state index contributed by atoms with van der Waals surface area (Å²) in [5, 5.41) is 3.31. The highest BCUT2D eigenvalue weighted by molar-refractivity contribution is 7.92. The minimum Gasteiger partial charge on any atom is -0.380 e. The number of sulfonamides is 1. The van der Waals surface area contributed by atoms with Crippen LogP contribution >= 0.6 is 0 Å². The van der Waals surface area contributed by atoms with Crippen LogP contribution < -0.4 is 10.0 Å². The third-order valence-electron chi connectivity index (χ3n) is 2.47. The van der Waals surface area contributed by atoms with E-state index in [0.29, 0.717) is 18.3 Å². The Morgan fingerprint density at radius 2 is 2.12 bits per heavy atom. The van der Waals surface area contributed by atoms with E-state index < -0.39 is 10.0 Å². The van der Waals surface area contributed by atoms with Gasteiger partial charge in [-0.05, 0) is 24.6 Å². The highest BCUT2D eigenvalue weighted by Crippen LogP contribution is 2.18. The molecular weight excluding hydrogens is 240 g/mol. The predicted octanol–water partition coefficient (Wildman–Crippen LogP) is 1.26. The number of nitrogens with one attached hydrogen (secondary N) is 2. The number of benzene rings is 1. The Kier molecular flexibility index (Phi) is 3.54. The van der Waals surface area contributed by atoms with Crippen LogP contribution in [0.5, 0.6) is 0 Å². The lowest BCUT2D eigenvalue weighted by atomic mass is 10.2. The van der Waals surface area contributed by atoms with Crippen LogP contribution in [0, 0.1) is 0 Å². The van der Waals surface area contributed by atoms with Gasteiger partial charge in [-0.2, -0.15) is 0 Å². The van der Waals surface area contributed by atoms with E-state index in [1.54, 1.807) is 12.1 Å². The number of anilines is 2. The lowest BCUT2D eigenvalue weighted by Gasteiger charge is -2.13. The normalized spacial score (nSPS) is 20.2. The van der Waals surface area contributed by atoms with Gasteiger partial charge in [-0.25, -0.2) is 8.42 Å². The van der Waals surface area contributed by atoms with Crippen molar-refractivity contribution in [2.24, 2.45) is 0 Å². The molecule has 0 aromatic heterocycles. The summed E-state index contributed by atoms with van der Waals surface area (Å²) in [5.41, 5.74) is 1.46. The number of rotatable bonds is 4. The van der Waals surface area contributed by atoms with E-state index in [1.807, 2.05) is 12.1 Å². The van der Waals surface area contributed by atoms with Gasteiger partial charge in [0.15, 0.2) is 0 Å². The quantitative estimate of drug-likeness (QED) is 0.851. The molecule has 0 radical (unpaired) electrons. The van der Waals surface area contributed by atoms with Crippen molar-refractivity contribution in [1.29, 1.82) is 0 Å². The van der Waals surface area contributed by atoms with Gasteiger partial charge in [0.05, 0.1) is 24.6 Å². The standard InChI is InChI=1S/C11H16N2O3S/c1-17(14,15)13-10-4-2-3-9(7-10)12-11-5-6-16-8-11/h2-4,7,11-13H,5-6,8H2,1H3. The molecule has 1 aliphatic heterocycles. The Morgan fingerprint density at radius 3 is 2.76 bits per heavy atom. The zero-order chi connectivity index (χ0) is 12.3. The summed E-state index contributed by atoms with van der Waals surface area (Å²) in [5.74, 6) is 0. The summed E-state index contributed by atoms with van der Waals surface area (Å²) in [4.78, 5) is 0. The summed E-state index contributed by atoms with van der Waals surface area (Å²) in [6.07, 6.45) is 2.11. The molecule has 6 heteroatoms. The summed E-state index contributed by atoms with van der Waals surface area (Å²) < 4.78 is 29.9. The fraction of sp³-hybridized carbons (Fsp3) is 0.455. The molecule has 1 aromatic rings. The first-order valence-electron chi connectivity index (χ1n) is 5.45. The molecule has 0 amide bonds. The molecule has 1 unspecified atom stereocenters. The van der Waals surface area contributed by atoms with Crippen LogP contribution in [0.15, 0.2) is 24.3 Å². The maximum atomic E-state index is 11.1. The van der Waals surface area contributed by atoms with Crippen LogP contribution in [0.3, 0.4) is 0 Å². The van der Waals surface area contributed by atoms with Crippen molar-refractivity contribution in [3.63, 3.8) is 0 Å². The van der Waals surface area contributed by atoms with E-state index in [9.17, 15) is 8.42 Å². The molecule has 1 aromatic carbocycles. The van der Waals surface area contributed by atoms with Crippen molar-refractivity contribution in [2.45, 2.75) is 12.5 Å². The van der Waals surface area contributed by atoms with E-state index in [0.717, 1.165) is 25.0 Å². The monoisotopic (exact) mass is 256 g/mol. The zero-order valence-corrected chi connectivity index (χ0v) is 10.5. The second kappa shape index (κ2) is 4.93. The van der Waals surface area contributed by atoms with Crippen molar-refractivity contribution in [1.82, 2.24) is 0 Å². The van der Waals surface area contributed by atoms with Gasteiger partial charge in [0, 0.05) is 12.3 Å². The third-order valence-corrected chi connectivity index (χ3v) is 3.07. The molecule has 2 N–H and O–H groups in total. The van der Waals surface area contributed by atoms with Gasteiger partial charge in [0.25, 0.3) is 0 Å². The van der Waals surface area contributed by atoms with E-state index in [2.05, 4.69) is 10.0 Å². The molecule has 0 spiro atoms. The van der Waals surface area contributed by atoms with Crippen molar-refractivity contribution in [3.05, 3.63) is 24.3 Å². The Hall–Kier alpha value is -1.27. The highest BCUT2D eigenvalue weighted by atomic mass is 32.2. The minimum atomic E-state index is -3.22. The average molecular weight is 256 g/mol. The van der Waals surface area contributed by atoms with Gasteiger partial charge < -0.3 is 10.1 Å². The minimum absolute atomic E-state index is 0.309. The SMILES string of the molecule is CS(=O)(=O)Nc1cccc(NC2CCOC2)c1. The van der Waals surface area contributed by atoms with E-state index in [4.69, 9.17) is 4.74 Å². The van der Waals surface area contributed by atoms with Crippen LogP contribution in [0.4, 0.5) is 11.4 Å². The summed E-state index contributed by atoms with van der Waals surface area (Å²) in [6, 6.07) is 7.53. The Morgan fingerprint density at radius 1 is 1.35 bits per heavy atom. The second-order valence-electron chi connectivity index (χ2n) is 4.16. The van der Waals surface area contributed by atoms with Gasteiger partial charge in [-0.15, -0.1) is 0 Å². The molecule has 17 heavy (non-hydrogen) atoms. The molecule has 1 fully saturated rings. The number of ether oxygens (including phenoxy) is 1. The first-order valence-corrected chi connectivity index (χ1v) is 7.34. The molecule has 0 aliphatic carbocycles. The Labute approximate surface area is 101 Å². The molecule has 1 saturated heterocycles. The molecule has 5 nitrogen and oxygen atoms in total. The first kappa shape index (κ1) is 12.2. The predicted molar refractivity (Wildman–Crippen MR) is 67.8 cm³/mol. The Bertz CT molecular complexity index is 481. The van der Waals surface area contributed by atoms with Crippen LogP contribution in [0.1, 0.15) is 6.42 Å². The van der Waals surface area contributed by atoms with E-state index in [1.165, 1.54) is 0 Å². The van der Waals surface area contributed by atoms with Gasteiger partial charge in [-0.3, -0.25) is 4.72 Å². The topological polar surface area (TPSA) is 67.4 Å². The molecule has 1 aliphatic rings. The molecule has 2 rings (SSSR count). The Balaban J connectivity index is 2.05. The third kappa shape index (κ3) is 3.90. The molecule has 0 saturated carbocycles. The average Bonchev–Trinajstić information content (AvgIpc) is 2.68. The summed E-state index contributed by atoms with van der Waals surface area (Å²) in [7, 11) is -3.22. The van der Waals surface area contributed by atoms with Crippen molar-refractivity contribution >= 4 is 21.4 Å². The van der Waals surface area contributed by atoms with Crippen molar-refractivity contribution in [3.8, 4) is 0 Å². The first-order chi connectivity index (χ1) is 8.03. The number of hydrogen-bond acceptors (Lipinski definition) is 4. The fourth-order valence-electron chi connectivity index (χ4n) is 1.77.